The molecule has 3 aromatic rings. The van der Waals surface area contributed by atoms with Gasteiger partial charge in [0.25, 0.3) is 5.91 Å². The molecule has 2 heterocycles. The lowest BCUT2D eigenvalue weighted by molar-refractivity contribution is -0.134. The number of nitrogens with zero attached hydrogens (tertiary/aromatic N) is 2. The molecule has 1 saturated heterocycles. The van der Waals surface area contributed by atoms with E-state index in [1.54, 1.807) is 12.1 Å². The molecule has 164 valence electrons. The molecule has 1 aromatic heterocycles. The Morgan fingerprint density at radius 3 is 2.56 bits per heavy atom. The third kappa shape index (κ3) is 3.89. The molecule has 1 fully saturated rings. The summed E-state index contributed by atoms with van der Waals surface area (Å²) >= 11 is 1.30. The fourth-order valence-corrected chi connectivity index (χ4v) is 4.53. The average Bonchev–Trinajstić information content (AvgIpc) is 3.34. The van der Waals surface area contributed by atoms with Crippen LogP contribution >= 0.6 is 11.3 Å². The summed E-state index contributed by atoms with van der Waals surface area (Å²) in [5, 5.41) is 7.77. The summed E-state index contributed by atoms with van der Waals surface area (Å²) in [5.74, 6) is -0.907. The highest BCUT2D eigenvalue weighted by Gasteiger charge is 2.51. The predicted molar refractivity (Wildman–Crippen MR) is 124 cm³/mol. The van der Waals surface area contributed by atoms with E-state index in [1.807, 2.05) is 56.5 Å². The van der Waals surface area contributed by atoms with Gasteiger partial charge in [-0.2, -0.15) is 0 Å². The molecule has 1 aliphatic heterocycles. The second kappa shape index (κ2) is 8.55. The quantitative estimate of drug-likeness (QED) is 0.552. The van der Waals surface area contributed by atoms with Crippen LogP contribution in [0.3, 0.4) is 0 Å². The zero-order valence-electron chi connectivity index (χ0n) is 18.1. The van der Waals surface area contributed by atoms with Crippen molar-refractivity contribution in [2.24, 2.45) is 0 Å². The Balaban J connectivity index is 1.46. The highest BCUT2D eigenvalue weighted by Crippen LogP contribution is 2.32. The molecule has 0 aliphatic carbocycles. The molecule has 0 bridgehead atoms. The monoisotopic (exact) mass is 448 g/mol. The SMILES string of the molecule is CCC1(c2ccccc2)NC(=O)N(CC(=O)Nc2nc(-c3ccc(C)c(C)c3)cs2)C1=O. The summed E-state index contributed by atoms with van der Waals surface area (Å²) in [4.78, 5) is 43.8. The number of carbonyl (C=O) groups is 3. The number of benzene rings is 2. The Bertz CT molecular complexity index is 1190. The maximum atomic E-state index is 13.2. The van der Waals surface area contributed by atoms with Crippen LogP contribution in [0.2, 0.25) is 0 Å². The first kappa shape index (κ1) is 21.7. The van der Waals surface area contributed by atoms with Crippen LogP contribution in [-0.2, 0) is 15.1 Å². The molecule has 4 amide bonds. The number of aryl methyl sites for hydroxylation is 2. The predicted octanol–water partition coefficient (Wildman–Crippen LogP) is 4.22. The van der Waals surface area contributed by atoms with Crippen molar-refractivity contribution in [3.8, 4) is 11.3 Å². The number of hydrogen-bond donors (Lipinski definition) is 2. The van der Waals surface area contributed by atoms with E-state index in [1.165, 1.54) is 16.9 Å². The number of rotatable bonds is 6. The minimum atomic E-state index is -1.16. The largest absolute Gasteiger partial charge is 0.325 e. The van der Waals surface area contributed by atoms with E-state index in [0.717, 1.165) is 21.7 Å². The molecule has 1 atom stereocenters. The molecular formula is C24H24N4O3S. The summed E-state index contributed by atoms with van der Waals surface area (Å²) < 4.78 is 0. The van der Waals surface area contributed by atoms with Crippen molar-refractivity contribution >= 4 is 34.3 Å². The first-order chi connectivity index (χ1) is 15.3. The summed E-state index contributed by atoms with van der Waals surface area (Å²) in [6.45, 7) is 5.54. The van der Waals surface area contributed by atoms with E-state index in [2.05, 4.69) is 21.7 Å². The molecule has 8 heteroatoms. The highest BCUT2D eigenvalue weighted by molar-refractivity contribution is 7.14. The number of carbonyl (C=O) groups excluding carboxylic acids is 3. The molecule has 32 heavy (non-hydrogen) atoms. The van der Waals surface area contributed by atoms with Gasteiger partial charge in [0.05, 0.1) is 5.69 Å². The highest BCUT2D eigenvalue weighted by atomic mass is 32.1. The molecule has 7 nitrogen and oxygen atoms in total. The summed E-state index contributed by atoms with van der Waals surface area (Å²) in [6.07, 6.45) is 0.380. The van der Waals surface area contributed by atoms with Crippen LogP contribution in [-0.4, -0.2) is 34.3 Å². The first-order valence-electron chi connectivity index (χ1n) is 10.4. The van der Waals surface area contributed by atoms with Crippen LogP contribution < -0.4 is 10.6 Å². The fraction of sp³-hybridized carbons (Fsp3) is 0.250. The van der Waals surface area contributed by atoms with Gasteiger partial charge < -0.3 is 10.6 Å². The van der Waals surface area contributed by atoms with Crippen LogP contribution in [0.1, 0.15) is 30.0 Å². The Labute approximate surface area is 190 Å². The van der Waals surface area contributed by atoms with Gasteiger partial charge in [-0.1, -0.05) is 49.4 Å². The standard InChI is InChI=1S/C24H24N4O3S/c1-4-24(18-8-6-5-7-9-18)21(30)28(23(31)27-24)13-20(29)26-22-25-19(14-32-22)17-11-10-15(2)16(3)12-17/h5-12,14H,4,13H2,1-3H3,(H,27,31)(H,25,26,29). The number of imide groups is 1. The van der Waals surface area contributed by atoms with Gasteiger partial charge >= 0.3 is 6.03 Å². The van der Waals surface area contributed by atoms with Gasteiger partial charge in [0.1, 0.15) is 12.1 Å². The molecule has 2 N–H and O–H groups in total. The second-order valence-electron chi connectivity index (χ2n) is 7.83. The number of anilines is 1. The lowest BCUT2D eigenvalue weighted by atomic mass is 9.87. The molecule has 2 aromatic carbocycles. The van der Waals surface area contributed by atoms with Crippen LogP contribution in [0, 0.1) is 13.8 Å². The lowest BCUT2D eigenvalue weighted by Gasteiger charge is -2.25. The maximum Gasteiger partial charge on any atom is 0.325 e. The summed E-state index contributed by atoms with van der Waals surface area (Å²) in [5.41, 5.74) is 3.63. The van der Waals surface area contributed by atoms with Gasteiger partial charge in [-0.05, 0) is 43.0 Å². The van der Waals surface area contributed by atoms with E-state index in [4.69, 9.17) is 0 Å². The first-order valence-corrected chi connectivity index (χ1v) is 11.2. The molecule has 1 unspecified atom stereocenters. The number of hydrogen-bond acceptors (Lipinski definition) is 5. The van der Waals surface area contributed by atoms with Gasteiger partial charge in [0.15, 0.2) is 5.13 Å². The van der Waals surface area contributed by atoms with Crippen LogP contribution in [0.15, 0.2) is 53.9 Å². The average molecular weight is 449 g/mol. The van der Waals surface area contributed by atoms with Gasteiger partial charge in [-0.15, -0.1) is 11.3 Å². The van der Waals surface area contributed by atoms with E-state index in [9.17, 15) is 14.4 Å². The topological polar surface area (TPSA) is 91.4 Å². The summed E-state index contributed by atoms with van der Waals surface area (Å²) in [7, 11) is 0. The van der Waals surface area contributed by atoms with E-state index in [0.29, 0.717) is 17.1 Å². The van der Waals surface area contributed by atoms with Crippen molar-refractivity contribution in [3.05, 3.63) is 70.6 Å². The minimum absolute atomic E-state index is 0.377. The van der Waals surface area contributed by atoms with E-state index >= 15 is 0 Å². The Morgan fingerprint density at radius 2 is 1.88 bits per heavy atom. The van der Waals surface area contributed by atoms with Gasteiger partial charge in [0.2, 0.25) is 5.91 Å². The Hall–Kier alpha value is -3.52. The maximum absolute atomic E-state index is 13.2. The number of thiazole rings is 1. The smallest absolute Gasteiger partial charge is 0.319 e. The lowest BCUT2D eigenvalue weighted by Crippen LogP contribution is -2.44. The Morgan fingerprint density at radius 1 is 1.12 bits per heavy atom. The normalized spacial score (nSPS) is 18.0. The van der Waals surface area contributed by atoms with Crippen molar-refractivity contribution in [1.82, 2.24) is 15.2 Å². The van der Waals surface area contributed by atoms with Crippen molar-refractivity contribution in [1.29, 1.82) is 0 Å². The number of aromatic nitrogens is 1. The molecule has 0 radical (unpaired) electrons. The van der Waals surface area contributed by atoms with Crippen LogP contribution in [0.5, 0.6) is 0 Å². The minimum Gasteiger partial charge on any atom is -0.319 e. The van der Waals surface area contributed by atoms with Crippen molar-refractivity contribution in [2.45, 2.75) is 32.7 Å². The van der Waals surface area contributed by atoms with Gasteiger partial charge in [-0.3, -0.25) is 14.5 Å². The molecule has 4 rings (SSSR count). The van der Waals surface area contributed by atoms with Crippen molar-refractivity contribution < 1.29 is 14.4 Å². The van der Waals surface area contributed by atoms with Crippen LogP contribution in [0.25, 0.3) is 11.3 Å². The zero-order chi connectivity index (χ0) is 22.9. The van der Waals surface area contributed by atoms with Gasteiger partial charge in [-0.25, -0.2) is 9.78 Å². The molecule has 0 saturated carbocycles. The molecule has 0 spiro atoms. The third-order valence-electron chi connectivity index (χ3n) is 5.83. The second-order valence-corrected chi connectivity index (χ2v) is 8.69. The fourth-order valence-electron chi connectivity index (χ4n) is 3.80. The number of urea groups is 1. The molecule has 1 aliphatic rings. The van der Waals surface area contributed by atoms with Crippen molar-refractivity contribution in [2.75, 3.05) is 11.9 Å². The van der Waals surface area contributed by atoms with Crippen LogP contribution in [0.4, 0.5) is 9.93 Å². The number of nitrogens with one attached hydrogen (secondary N) is 2. The Kier molecular flexibility index (Phi) is 5.80. The van der Waals surface area contributed by atoms with E-state index < -0.39 is 23.4 Å². The van der Waals surface area contributed by atoms with Crippen molar-refractivity contribution in [3.63, 3.8) is 0 Å². The number of amides is 4. The molecular weight excluding hydrogens is 424 g/mol. The zero-order valence-corrected chi connectivity index (χ0v) is 19.0. The summed E-state index contributed by atoms with van der Waals surface area (Å²) in [6, 6.07) is 14.6. The van der Waals surface area contributed by atoms with Gasteiger partial charge in [0, 0.05) is 10.9 Å². The van der Waals surface area contributed by atoms with E-state index in [-0.39, 0.29) is 6.54 Å². The third-order valence-corrected chi connectivity index (χ3v) is 6.59.